The second kappa shape index (κ2) is 4.63. The number of aromatic nitrogens is 1. The van der Waals surface area contributed by atoms with Crippen LogP contribution in [0.25, 0.3) is 0 Å². The molecule has 0 atom stereocenters. The summed E-state index contributed by atoms with van der Waals surface area (Å²) >= 11 is 4.67. The summed E-state index contributed by atoms with van der Waals surface area (Å²) < 4.78 is 0.783. The summed E-state index contributed by atoms with van der Waals surface area (Å²) in [5.41, 5.74) is 6.06. The molecule has 2 aromatic heterocycles. The molecule has 0 aromatic carbocycles. The standard InChI is InChI=1S/C10H8BrN3OS/c11-7-3-4-16-9(7)10(15)14-8-2-1-6(12)5-13-8/h1-5H,12H2,(H,13,14,15). The summed E-state index contributed by atoms with van der Waals surface area (Å²) in [6.07, 6.45) is 1.50. The van der Waals surface area contributed by atoms with Crippen molar-refractivity contribution in [3.63, 3.8) is 0 Å². The number of anilines is 2. The van der Waals surface area contributed by atoms with Crippen molar-refractivity contribution in [2.75, 3.05) is 11.1 Å². The maximum absolute atomic E-state index is 11.8. The van der Waals surface area contributed by atoms with Gasteiger partial charge in [0, 0.05) is 4.47 Å². The number of carbonyl (C=O) groups excluding carboxylic acids is 1. The van der Waals surface area contributed by atoms with Crippen LogP contribution in [0.3, 0.4) is 0 Å². The fraction of sp³-hybridized carbons (Fsp3) is 0. The number of hydrogen-bond donors (Lipinski definition) is 2. The highest BCUT2D eigenvalue weighted by molar-refractivity contribution is 9.10. The van der Waals surface area contributed by atoms with Crippen molar-refractivity contribution < 1.29 is 4.79 Å². The van der Waals surface area contributed by atoms with Gasteiger partial charge < -0.3 is 11.1 Å². The molecule has 3 N–H and O–H groups in total. The fourth-order valence-corrected chi connectivity index (χ4v) is 2.55. The molecule has 4 nitrogen and oxygen atoms in total. The summed E-state index contributed by atoms with van der Waals surface area (Å²) in [4.78, 5) is 16.4. The van der Waals surface area contributed by atoms with Crippen LogP contribution in [0.15, 0.2) is 34.2 Å². The number of rotatable bonds is 2. The van der Waals surface area contributed by atoms with Gasteiger partial charge in [0.2, 0.25) is 0 Å². The van der Waals surface area contributed by atoms with Crippen LogP contribution >= 0.6 is 27.3 Å². The van der Waals surface area contributed by atoms with E-state index in [0.29, 0.717) is 16.4 Å². The zero-order valence-corrected chi connectivity index (χ0v) is 10.5. The number of nitrogen functional groups attached to an aromatic ring is 1. The van der Waals surface area contributed by atoms with E-state index >= 15 is 0 Å². The quantitative estimate of drug-likeness (QED) is 0.895. The maximum Gasteiger partial charge on any atom is 0.268 e. The average Bonchev–Trinajstić information content (AvgIpc) is 2.68. The molecule has 2 heterocycles. The molecular formula is C10H8BrN3OS. The first kappa shape index (κ1) is 11.1. The van der Waals surface area contributed by atoms with E-state index < -0.39 is 0 Å². The monoisotopic (exact) mass is 297 g/mol. The van der Waals surface area contributed by atoms with Crippen LogP contribution in [0.5, 0.6) is 0 Å². The number of nitrogens with two attached hydrogens (primary N) is 1. The van der Waals surface area contributed by atoms with Gasteiger partial charge in [0.25, 0.3) is 5.91 Å². The molecular weight excluding hydrogens is 290 g/mol. The second-order valence-electron chi connectivity index (χ2n) is 3.03. The van der Waals surface area contributed by atoms with Crippen LogP contribution < -0.4 is 11.1 Å². The van der Waals surface area contributed by atoms with Gasteiger partial charge in [-0.05, 0) is 39.5 Å². The lowest BCUT2D eigenvalue weighted by molar-refractivity contribution is 0.102. The lowest BCUT2D eigenvalue weighted by Gasteiger charge is -2.03. The van der Waals surface area contributed by atoms with Crippen molar-refractivity contribution in [3.8, 4) is 0 Å². The Morgan fingerprint density at radius 2 is 2.25 bits per heavy atom. The predicted octanol–water partition coefficient (Wildman–Crippen LogP) is 2.74. The fourth-order valence-electron chi connectivity index (χ4n) is 1.11. The van der Waals surface area contributed by atoms with Gasteiger partial charge in [-0.2, -0.15) is 0 Å². The highest BCUT2D eigenvalue weighted by atomic mass is 79.9. The molecule has 16 heavy (non-hydrogen) atoms. The summed E-state index contributed by atoms with van der Waals surface area (Å²) in [5, 5.41) is 4.53. The van der Waals surface area contributed by atoms with E-state index in [1.165, 1.54) is 17.5 Å². The Balaban J connectivity index is 2.14. The second-order valence-corrected chi connectivity index (χ2v) is 4.80. The number of amides is 1. The Morgan fingerprint density at radius 1 is 1.44 bits per heavy atom. The third-order valence-corrected chi connectivity index (χ3v) is 3.69. The topological polar surface area (TPSA) is 68.0 Å². The molecule has 2 rings (SSSR count). The molecule has 0 saturated heterocycles. The number of pyridine rings is 1. The lowest BCUT2D eigenvalue weighted by atomic mass is 10.4. The number of thiophene rings is 1. The predicted molar refractivity (Wildman–Crippen MR) is 68.6 cm³/mol. The Morgan fingerprint density at radius 3 is 2.81 bits per heavy atom. The normalized spacial score (nSPS) is 10.1. The Labute approximate surface area is 105 Å². The molecule has 0 spiro atoms. The molecule has 0 aliphatic heterocycles. The molecule has 2 aromatic rings. The van der Waals surface area contributed by atoms with Gasteiger partial charge in [-0.15, -0.1) is 11.3 Å². The first-order chi connectivity index (χ1) is 7.66. The Kier molecular flexibility index (Phi) is 3.21. The molecule has 1 amide bonds. The van der Waals surface area contributed by atoms with Crippen LogP contribution in [-0.2, 0) is 0 Å². The number of hydrogen-bond acceptors (Lipinski definition) is 4. The molecule has 0 aliphatic carbocycles. The van der Waals surface area contributed by atoms with Crippen molar-refractivity contribution in [2.24, 2.45) is 0 Å². The highest BCUT2D eigenvalue weighted by Crippen LogP contribution is 2.23. The van der Waals surface area contributed by atoms with Crippen LogP contribution in [0, 0.1) is 0 Å². The van der Waals surface area contributed by atoms with Gasteiger partial charge in [0.15, 0.2) is 0 Å². The van der Waals surface area contributed by atoms with Crippen LogP contribution in [-0.4, -0.2) is 10.9 Å². The van der Waals surface area contributed by atoms with Gasteiger partial charge in [-0.3, -0.25) is 4.79 Å². The van der Waals surface area contributed by atoms with Crippen LogP contribution in [0.1, 0.15) is 9.67 Å². The van der Waals surface area contributed by atoms with E-state index in [1.807, 2.05) is 11.4 Å². The lowest BCUT2D eigenvalue weighted by Crippen LogP contribution is -2.11. The minimum absolute atomic E-state index is 0.181. The van der Waals surface area contributed by atoms with E-state index in [0.717, 1.165) is 4.47 Å². The first-order valence-electron chi connectivity index (χ1n) is 4.42. The minimum Gasteiger partial charge on any atom is -0.397 e. The number of nitrogens with one attached hydrogen (secondary N) is 1. The van der Waals surface area contributed by atoms with Gasteiger partial charge in [0.1, 0.15) is 10.7 Å². The maximum atomic E-state index is 11.8. The number of halogens is 1. The van der Waals surface area contributed by atoms with Gasteiger partial charge in [-0.1, -0.05) is 0 Å². The highest BCUT2D eigenvalue weighted by Gasteiger charge is 2.11. The SMILES string of the molecule is Nc1ccc(NC(=O)c2sccc2Br)nc1. The van der Waals surface area contributed by atoms with Crippen molar-refractivity contribution in [1.82, 2.24) is 4.98 Å². The summed E-state index contributed by atoms with van der Waals surface area (Å²) in [7, 11) is 0. The van der Waals surface area contributed by atoms with Crippen molar-refractivity contribution in [1.29, 1.82) is 0 Å². The molecule has 0 aliphatic rings. The summed E-state index contributed by atoms with van der Waals surface area (Å²) in [5.74, 6) is 0.304. The van der Waals surface area contributed by atoms with Gasteiger partial charge >= 0.3 is 0 Å². The van der Waals surface area contributed by atoms with Crippen LogP contribution in [0.4, 0.5) is 11.5 Å². The number of nitrogens with zero attached hydrogens (tertiary/aromatic N) is 1. The van der Waals surface area contributed by atoms with E-state index in [9.17, 15) is 4.79 Å². The first-order valence-corrected chi connectivity index (χ1v) is 6.10. The zero-order chi connectivity index (χ0) is 11.5. The summed E-state index contributed by atoms with van der Waals surface area (Å²) in [6, 6.07) is 5.18. The third-order valence-electron chi connectivity index (χ3n) is 1.85. The smallest absolute Gasteiger partial charge is 0.268 e. The molecule has 0 fully saturated rings. The van der Waals surface area contributed by atoms with Crippen molar-refractivity contribution in [2.45, 2.75) is 0 Å². The zero-order valence-electron chi connectivity index (χ0n) is 8.11. The Bertz CT molecular complexity index is 509. The number of carbonyl (C=O) groups is 1. The van der Waals surface area contributed by atoms with Crippen LogP contribution in [0.2, 0.25) is 0 Å². The minimum atomic E-state index is -0.181. The van der Waals surface area contributed by atoms with E-state index in [2.05, 4.69) is 26.2 Å². The Hall–Kier alpha value is -1.40. The van der Waals surface area contributed by atoms with E-state index in [-0.39, 0.29) is 5.91 Å². The van der Waals surface area contributed by atoms with E-state index in [1.54, 1.807) is 12.1 Å². The van der Waals surface area contributed by atoms with Gasteiger partial charge in [-0.25, -0.2) is 4.98 Å². The van der Waals surface area contributed by atoms with E-state index in [4.69, 9.17) is 5.73 Å². The molecule has 0 radical (unpaired) electrons. The third kappa shape index (κ3) is 2.40. The molecule has 82 valence electrons. The largest absolute Gasteiger partial charge is 0.397 e. The molecule has 6 heteroatoms. The molecule has 0 bridgehead atoms. The van der Waals surface area contributed by atoms with Crippen molar-refractivity contribution in [3.05, 3.63) is 39.1 Å². The molecule has 0 saturated carbocycles. The summed E-state index contributed by atoms with van der Waals surface area (Å²) in [6.45, 7) is 0. The average molecular weight is 298 g/mol. The van der Waals surface area contributed by atoms with Gasteiger partial charge in [0.05, 0.1) is 11.9 Å². The molecule has 0 unspecified atom stereocenters. The van der Waals surface area contributed by atoms with Crippen molar-refractivity contribution >= 4 is 44.7 Å².